The van der Waals surface area contributed by atoms with Gasteiger partial charge in [-0.25, -0.2) is 0 Å². The zero-order valence-corrected chi connectivity index (χ0v) is 14.0. The van der Waals surface area contributed by atoms with Crippen LogP contribution in [0.2, 0.25) is 0 Å². The first-order valence-electron chi connectivity index (χ1n) is 6.85. The minimum Gasteiger partial charge on any atom is -0.378 e. The molecule has 1 heterocycles. The molecular formula is C15H15BrN2O2S. The Hall–Kier alpha value is -1.40. The minimum atomic E-state index is -0.325. The highest BCUT2D eigenvalue weighted by molar-refractivity contribution is 9.11. The van der Waals surface area contributed by atoms with Crippen LogP contribution in [0.25, 0.3) is 0 Å². The highest BCUT2D eigenvalue weighted by Gasteiger charge is 2.24. The van der Waals surface area contributed by atoms with Gasteiger partial charge < -0.3 is 5.32 Å². The second-order valence-corrected chi connectivity index (χ2v) is 7.74. The van der Waals surface area contributed by atoms with E-state index < -0.39 is 0 Å². The highest BCUT2D eigenvalue weighted by atomic mass is 79.9. The Labute approximate surface area is 135 Å². The topological polar surface area (TPSA) is 55.2 Å². The van der Waals surface area contributed by atoms with E-state index in [1.165, 1.54) is 10.4 Å². The molecule has 1 atom stereocenters. The smallest absolute Gasteiger partial charge is 0.274 e. The number of fused-ring (bicyclic) bond motifs is 1. The van der Waals surface area contributed by atoms with Crippen LogP contribution in [0.15, 0.2) is 28.1 Å². The number of aryl methyl sites for hydroxylation is 1. The van der Waals surface area contributed by atoms with E-state index in [0.29, 0.717) is 5.56 Å². The summed E-state index contributed by atoms with van der Waals surface area (Å²) in [7, 11) is 0. The Balaban J connectivity index is 1.91. The second-order valence-electron chi connectivity index (χ2n) is 5.22. The van der Waals surface area contributed by atoms with E-state index in [0.717, 1.165) is 28.7 Å². The number of rotatable bonds is 3. The summed E-state index contributed by atoms with van der Waals surface area (Å²) in [5.74, 6) is 0. The van der Waals surface area contributed by atoms with Crippen molar-refractivity contribution in [2.24, 2.45) is 0 Å². The Morgan fingerprint density at radius 1 is 1.48 bits per heavy atom. The summed E-state index contributed by atoms with van der Waals surface area (Å²) >= 11 is 5.34. The number of hydrogen-bond donors (Lipinski definition) is 1. The molecule has 3 rings (SSSR count). The number of anilines is 1. The molecule has 2 aromatic rings. The molecule has 1 N–H and O–H groups in total. The van der Waals surface area contributed by atoms with E-state index in [-0.39, 0.29) is 16.7 Å². The maximum Gasteiger partial charge on any atom is 0.274 e. The third-order valence-electron chi connectivity index (χ3n) is 3.92. The molecule has 0 aliphatic heterocycles. The lowest BCUT2D eigenvalue weighted by Gasteiger charge is -2.25. The van der Waals surface area contributed by atoms with Gasteiger partial charge in [0.1, 0.15) is 0 Å². The van der Waals surface area contributed by atoms with E-state index in [1.54, 1.807) is 30.4 Å². The normalized spacial score (nSPS) is 17.3. The van der Waals surface area contributed by atoms with Crippen molar-refractivity contribution in [3.8, 4) is 0 Å². The van der Waals surface area contributed by atoms with E-state index >= 15 is 0 Å². The van der Waals surface area contributed by atoms with Crippen LogP contribution >= 0.6 is 27.3 Å². The summed E-state index contributed by atoms with van der Waals surface area (Å²) in [4.78, 5) is 12.1. The van der Waals surface area contributed by atoms with Crippen LogP contribution in [0, 0.1) is 17.0 Å². The molecular weight excluding hydrogens is 352 g/mol. The Bertz CT molecular complexity index is 699. The van der Waals surface area contributed by atoms with Gasteiger partial charge in [0.2, 0.25) is 0 Å². The number of halogens is 1. The summed E-state index contributed by atoms with van der Waals surface area (Å²) in [5.41, 5.74) is 3.04. The first-order chi connectivity index (χ1) is 10.1. The molecule has 1 aromatic heterocycles. The van der Waals surface area contributed by atoms with Crippen molar-refractivity contribution in [2.75, 3.05) is 5.32 Å². The molecule has 0 amide bonds. The molecule has 0 spiro atoms. The van der Waals surface area contributed by atoms with Gasteiger partial charge in [0.05, 0.1) is 14.8 Å². The first-order valence-corrected chi connectivity index (χ1v) is 8.46. The van der Waals surface area contributed by atoms with Crippen LogP contribution in [-0.2, 0) is 6.42 Å². The summed E-state index contributed by atoms with van der Waals surface area (Å²) in [6.45, 7) is 1.80. The maximum absolute atomic E-state index is 11.0. The lowest BCUT2D eigenvalue weighted by Crippen LogP contribution is -2.16. The van der Waals surface area contributed by atoms with Gasteiger partial charge in [-0.1, -0.05) is 6.07 Å². The van der Waals surface area contributed by atoms with Crippen molar-refractivity contribution < 1.29 is 4.92 Å². The molecule has 0 fully saturated rings. The van der Waals surface area contributed by atoms with Crippen molar-refractivity contribution in [3.63, 3.8) is 0 Å². The van der Waals surface area contributed by atoms with Gasteiger partial charge >= 0.3 is 0 Å². The fraction of sp³-hybridized carbons (Fsp3) is 0.333. The molecule has 0 radical (unpaired) electrons. The Morgan fingerprint density at radius 2 is 2.29 bits per heavy atom. The van der Waals surface area contributed by atoms with Gasteiger partial charge in [-0.2, -0.15) is 0 Å². The van der Waals surface area contributed by atoms with Crippen molar-refractivity contribution in [1.29, 1.82) is 0 Å². The Kier molecular flexibility index (Phi) is 3.99. The predicted octanol–water partition coefficient (Wildman–Crippen LogP) is 5.22. The molecule has 1 aliphatic rings. The molecule has 1 aromatic carbocycles. The van der Waals surface area contributed by atoms with Gasteiger partial charge in [-0.05, 0) is 59.8 Å². The predicted molar refractivity (Wildman–Crippen MR) is 89.2 cm³/mol. The van der Waals surface area contributed by atoms with Crippen molar-refractivity contribution in [2.45, 2.75) is 32.2 Å². The lowest BCUT2D eigenvalue weighted by atomic mass is 9.93. The second kappa shape index (κ2) is 5.77. The SMILES string of the molecule is Cc1c(NC2CCCc3sc(Br)cc32)cccc1[N+](=O)[O-]. The standard InChI is InChI=1S/C15H15BrN2O2S/c1-9-11(4-2-6-13(9)18(19)20)17-12-5-3-7-14-10(12)8-15(16)21-14/h2,4,6,8,12,17H,3,5,7H2,1H3. The van der Waals surface area contributed by atoms with Crippen molar-refractivity contribution >= 4 is 38.6 Å². The van der Waals surface area contributed by atoms with Gasteiger partial charge in [-0.3, -0.25) is 10.1 Å². The molecule has 0 saturated carbocycles. The van der Waals surface area contributed by atoms with Crippen LogP contribution < -0.4 is 5.32 Å². The molecule has 6 heteroatoms. The number of benzene rings is 1. The van der Waals surface area contributed by atoms with E-state index in [4.69, 9.17) is 0 Å². The van der Waals surface area contributed by atoms with Crippen LogP contribution in [0.5, 0.6) is 0 Å². The molecule has 0 bridgehead atoms. The number of nitrogens with zero attached hydrogens (tertiary/aromatic N) is 1. The maximum atomic E-state index is 11.0. The first kappa shape index (κ1) is 14.5. The number of hydrogen-bond acceptors (Lipinski definition) is 4. The highest BCUT2D eigenvalue weighted by Crippen LogP contribution is 2.40. The summed E-state index contributed by atoms with van der Waals surface area (Å²) in [6, 6.07) is 7.60. The molecule has 110 valence electrons. The molecule has 1 unspecified atom stereocenters. The van der Waals surface area contributed by atoms with Crippen LogP contribution in [0.4, 0.5) is 11.4 Å². The zero-order chi connectivity index (χ0) is 15.0. The van der Waals surface area contributed by atoms with Gasteiger partial charge in [0.25, 0.3) is 5.69 Å². The van der Waals surface area contributed by atoms with Crippen LogP contribution in [-0.4, -0.2) is 4.92 Å². The van der Waals surface area contributed by atoms with Crippen molar-refractivity contribution in [3.05, 3.63) is 54.2 Å². The molecule has 4 nitrogen and oxygen atoms in total. The monoisotopic (exact) mass is 366 g/mol. The third kappa shape index (κ3) is 2.82. The lowest BCUT2D eigenvalue weighted by molar-refractivity contribution is -0.385. The average molecular weight is 367 g/mol. The quantitative estimate of drug-likeness (QED) is 0.598. The summed E-state index contributed by atoms with van der Waals surface area (Å²) in [5, 5.41) is 14.5. The third-order valence-corrected chi connectivity index (χ3v) is 5.63. The van der Waals surface area contributed by atoms with E-state index in [2.05, 4.69) is 27.3 Å². The van der Waals surface area contributed by atoms with Gasteiger partial charge in [-0.15, -0.1) is 11.3 Å². The van der Waals surface area contributed by atoms with Crippen LogP contribution in [0.3, 0.4) is 0 Å². The number of thiophene rings is 1. The van der Waals surface area contributed by atoms with Crippen molar-refractivity contribution in [1.82, 2.24) is 0 Å². The summed E-state index contributed by atoms with van der Waals surface area (Å²) < 4.78 is 1.15. The van der Waals surface area contributed by atoms with Gasteiger partial charge in [0, 0.05) is 22.2 Å². The molecule has 21 heavy (non-hydrogen) atoms. The Morgan fingerprint density at radius 3 is 3.05 bits per heavy atom. The number of nitro benzene ring substituents is 1. The largest absolute Gasteiger partial charge is 0.378 e. The van der Waals surface area contributed by atoms with Crippen LogP contribution in [0.1, 0.15) is 34.9 Å². The number of nitro groups is 1. The fourth-order valence-corrected chi connectivity index (χ4v) is 4.66. The molecule has 1 aliphatic carbocycles. The molecule has 0 saturated heterocycles. The fourth-order valence-electron chi connectivity index (χ4n) is 2.84. The number of nitrogens with one attached hydrogen (secondary N) is 1. The zero-order valence-electron chi connectivity index (χ0n) is 11.6. The minimum absolute atomic E-state index is 0.169. The van der Waals surface area contributed by atoms with E-state index in [1.807, 2.05) is 6.07 Å². The van der Waals surface area contributed by atoms with E-state index in [9.17, 15) is 10.1 Å². The average Bonchev–Trinajstić information content (AvgIpc) is 2.82. The summed E-state index contributed by atoms with van der Waals surface area (Å²) in [6.07, 6.45) is 3.32. The van der Waals surface area contributed by atoms with Gasteiger partial charge in [0.15, 0.2) is 0 Å².